The maximum atomic E-state index is 12.2. The predicted molar refractivity (Wildman–Crippen MR) is 70.2 cm³/mol. The lowest BCUT2D eigenvalue weighted by molar-refractivity contribution is -0.134. The Bertz CT molecular complexity index is 343. The van der Waals surface area contributed by atoms with Crippen LogP contribution in [-0.2, 0) is 14.3 Å². The topological polar surface area (TPSA) is 79.2 Å². The largest absolute Gasteiger partial charge is 0.385 e. The molecule has 0 aromatic carbocycles. The molecule has 1 rings (SSSR count). The first-order valence-corrected chi connectivity index (χ1v) is 6.90. The molecule has 5 nitrogen and oxygen atoms in total. The van der Waals surface area contributed by atoms with E-state index in [1.807, 2.05) is 6.07 Å². The molecule has 0 unspecified atom stereocenters. The van der Waals surface area contributed by atoms with Gasteiger partial charge in [-0.2, -0.15) is 5.26 Å². The summed E-state index contributed by atoms with van der Waals surface area (Å²) < 4.78 is 4.87. The highest BCUT2D eigenvalue weighted by Gasteiger charge is 2.32. The Labute approximate surface area is 114 Å². The highest BCUT2D eigenvalue weighted by atomic mass is 16.5. The zero-order chi connectivity index (χ0) is 14.1. The Morgan fingerprint density at radius 2 is 2.05 bits per heavy atom. The molecule has 106 valence electrons. The van der Waals surface area contributed by atoms with Crippen molar-refractivity contribution < 1.29 is 14.3 Å². The van der Waals surface area contributed by atoms with Gasteiger partial charge >= 0.3 is 0 Å². The van der Waals surface area contributed by atoms with Crippen LogP contribution in [0.5, 0.6) is 0 Å². The SMILES string of the molecule is COCCCNC(=O)[C@@H](C#N)C(=O)C1CCCCC1. The third-order valence-electron chi connectivity index (χ3n) is 3.51. The molecule has 0 heterocycles. The van der Waals surface area contributed by atoms with E-state index in [4.69, 9.17) is 10.00 Å². The van der Waals surface area contributed by atoms with Crippen LogP contribution >= 0.6 is 0 Å². The Hall–Kier alpha value is -1.41. The van der Waals surface area contributed by atoms with E-state index in [-0.39, 0.29) is 11.7 Å². The fraction of sp³-hybridized carbons (Fsp3) is 0.786. The smallest absolute Gasteiger partial charge is 0.245 e. The summed E-state index contributed by atoms with van der Waals surface area (Å²) >= 11 is 0. The van der Waals surface area contributed by atoms with Gasteiger partial charge in [0.25, 0.3) is 0 Å². The Morgan fingerprint density at radius 3 is 2.63 bits per heavy atom. The number of methoxy groups -OCH3 is 1. The third kappa shape index (κ3) is 4.99. The zero-order valence-corrected chi connectivity index (χ0v) is 11.5. The molecule has 0 spiro atoms. The van der Waals surface area contributed by atoms with Gasteiger partial charge in [-0.3, -0.25) is 9.59 Å². The van der Waals surface area contributed by atoms with Crippen molar-refractivity contribution in [1.29, 1.82) is 5.26 Å². The van der Waals surface area contributed by atoms with Crippen LogP contribution < -0.4 is 5.32 Å². The average molecular weight is 266 g/mol. The molecule has 1 aliphatic rings. The lowest BCUT2D eigenvalue weighted by Gasteiger charge is -2.22. The summed E-state index contributed by atoms with van der Waals surface area (Å²) in [5.41, 5.74) is 0. The molecule has 0 saturated heterocycles. The summed E-state index contributed by atoms with van der Waals surface area (Å²) in [5, 5.41) is 11.7. The summed E-state index contributed by atoms with van der Waals surface area (Å²) in [6, 6.07) is 1.85. The van der Waals surface area contributed by atoms with Crippen molar-refractivity contribution in [3.8, 4) is 6.07 Å². The van der Waals surface area contributed by atoms with Crippen molar-refractivity contribution in [3.05, 3.63) is 0 Å². The van der Waals surface area contributed by atoms with Crippen LogP contribution in [0.25, 0.3) is 0 Å². The normalized spacial score (nSPS) is 17.5. The van der Waals surface area contributed by atoms with E-state index in [1.54, 1.807) is 7.11 Å². The van der Waals surface area contributed by atoms with Crippen LogP contribution in [0.4, 0.5) is 0 Å². The molecule has 5 heteroatoms. The average Bonchev–Trinajstić information content (AvgIpc) is 2.45. The second kappa shape index (κ2) is 8.65. The minimum Gasteiger partial charge on any atom is -0.385 e. The molecule has 19 heavy (non-hydrogen) atoms. The number of hydrogen-bond donors (Lipinski definition) is 1. The molecule has 1 amide bonds. The van der Waals surface area contributed by atoms with Gasteiger partial charge < -0.3 is 10.1 Å². The number of amides is 1. The molecule has 1 aliphatic carbocycles. The summed E-state index contributed by atoms with van der Waals surface area (Å²) in [5.74, 6) is -1.92. The van der Waals surface area contributed by atoms with Gasteiger partial charge in [-0.1, -0.05) is 19.3 Å². The van der Waals surface area contributed by atoms with Crippen LogP contribution in [0.1, 0.15) is 38.5 Å². The zero-order valence-electron chi connectivity index (χ0n) is 11.5. The molecule has 1 N–H and O–H groups in total. The predicted octanol–water partition coefficient (Wildman–Crippen LogP) is 1.43. The van der Waals surface area contributed by atoms with Crippen molar-refractivity contribution in [2.24, 2.45) is 11.8 Å². The number of carbonyl (C=O) groups excluding carboxylic acids is 2. The summed E-state index contributed by atoms with van der Waals surface area (Å²) in [7, 11) is 1.59. The van der Waals surface area contributed by atoms with E-state index in [9.17, 15) is 9.59 Å². The molecule has 1 fully saturated rings. The number of Topliss-reactive ketones (excluding diaryl/α,β-unsaturated/α-hetero) is 1. The van der Waals surface area contributed by atoms with E-state index in [0.717, 1.165) is 32.1 Å². The maximum Gasteiger partial charge on any atom is 0.245 e. The van der Waals surface area contributed by atoms with Gasteiger partial charge in [-0.15, -0.1) is 0 Å². The Balaban J connectivity index is 2.44. The molecule has 1 atom stereocenters. The minimum absolute atomic E-state index is 0.108. The number of nitrogens with zero attached hydrogens (tertiary/aromatic N) is 1. The number of nitriles is 1. The first kappa shape index (κ1) is 15.6. The van der Waals surface area contributed by atoms with Gasteiger partial charge in [0.05, 0.1) is 6.07 Å². The van der Waals surface area contributed by atoms with Gasteiger partial charge in [-0.05, 0) is 19.3 Å². The lowest BCUT2D eigenvalue weighted by Crippen LogP contribution is -2.38. The standard InChI is InChI=1S/C14H22N2O3/c1-19-9-5-8-16-14(18)12(10-15)13(17)11-6-3-2-4-7-11/h11-12H,2-9H2,1H3,(H,16,18)/t12-/m0/s1. The number of rotatable bonds is 7. The van der Waals surface area contributed by atoms with Crippen molar-refractivity contribution in [2.45, 2.75) is 38.5 Å². The van der Waals surface area contributed by atoms with Crippen molar-refractivity contribution in [3.63, 3.8) is 0 Å². The molecule has 0 aromatic heterocycles. The third-order valence-corrected chi connectivity index (χ3v) is 3.51. The van der Waals surface area contributed by atoms with E-state index in [2.05, 4.69) is 5.32 Å². The van der Waals surface area contributed by atoms with Crippen LogP contribution in [0, 0.1) is 23.2 Å². The first-order valence-electron chi connectivity index (χ1n) is 6.90. The second-order valence-corrected chi connectivity index (χ2v) is 4.94. The molecule has 0 bridgehead atoms. The minimum atomic E-state index is -1.15. The summed E-state index contributed by atoms with van der Waals surface area (Å²) in [6.45, 7) is 0.983. The van der Waals surface area contributed by atoms with E-state index in [0.29, 0.717) is 19.6 Å². The second-order valence-electron chi connectivity index (χ2n) is 4.94. The van der Waals surface area contributed by atoms with Crippen molar-refractivity contribution >= 4 is 11.7 Å². The number of ketones is 1. The fourth-order valence-electron chi connectivity index (χ4n) is 2.40. The number of ether oxygens (including phenoxy) is 1. The molecule has 0 aliphatic heterocycles. The molecule has 1 saturated carbocycles. The van der Waals surface area contributed by atoms with Crippen LogP contribution in [0.15, 0.2) is 0 Å². The highest BCUT2D eigenvalue weighted by Crippen LogP contribution is 2.26. The first-order chi connectivity index (χ1) is 9.20. The quantitative estimate of drug-likeness (QED) is 0.558. The molecular weight excluding hydrogens is 244 g/mol. The number of carbonyl (C=O) groups is 2. The van der Waals surface area contributed by atoms with Gasteiger partial charge in [0.2, 0.25) is 5.91 Å². The van der Waals surface area contributed by atoms with Gasteiger partial charge in [0, 0.05) is 26.2 Å². The fourth-order valence-corrected chi connectivity index (χ4v) is 2.40. The van der Waals surface area contributed by atoms with Crippen LogP contribution in [-0.4, -0.2) is 32.0 Å². The van der Waals surface area contributed by atoms with Gasteiger partial charge in [0.15, 0.2) is 11.7 Å². The monoisotopic (exact) mass is 266 g/mol. The Morgan fingerprint density at radius 1 is 1.37 bits per heavy atom. The Kier molecular flexibility index (Phi) is 7.12. The van der Waals surface area contributed by atoms with Gasteiger partial charge in [0.1, 0.15) is 0 Å². The van der Waals surface area contributed by atoms with Gasteiger partial charge in [-0.25, -0.2) is 0 Å². The molecule has 0 radical (unpaired) electrons. The maximum absolute atomic E-state index is 12.2. The van der Waals surface area contributed by atoms with Crippen molar-refractivity contribution in [1.82, 2.24) is 5.32 Å². The number of nitrogens with one attached hydrogen (secondary N) is 1. The van der Waals surface area contributed by atoms with E-state index < -0.39 is 11.8 Å². The van der Waals surface area contributed by atoms with Crippen LogP contribution in [0.2, 0.25) is 0 Å². The highest BCUT2D eigenvalue weighted by molar-refractivity contribution is 6.04. The van der Waals surface area contributed by atoms with E-state index in [1.165, 1.54) is 0 Å². The molecule has 0 aromatic rings. The van der Waals surface area contributed by atoms with E-state index >= 15 is 0 Å². The summed E-state index contributed by atoms with van der Waals surface area (Å²) in [6.07, 6.45) is 5.48. The van der Waals surface area contributed by atoms with Crippen LogP contribution in [0.3, 0.4) is 0 Å². The molecular formula is C14H22N2O3. The lowest BCUT2D eigenvalue weighted by atomic mass is 9.82. The summed E-state index contributed by atoms with van der Waals surface area (Å²) in [4.78, 5) is 24.0. The number of hydrogen-bond acceptors (Lipinski definition) is 4. The van der Waals surface area contributed by atoms with Crippen molar-refractivity contribution in [2.75, 3.05) is 20.3 Å².